The summed E-state index contributed by atoms with van der Waals surface area (Å²) in [5.41, 5.74) is -1.03. The molecular weight excluding hydrogens is 176 g/mol. The van der Waals surface area contributed by atoms with E-state index in [1.807, 2.05) is 27.7 Å². The average molecular weight is 196 g/mol. The molecule has 0 heterocycles. The fourth-order valence-corrected chi connectivity index (χ4v) is 0.632. The van der Waals surface area contributed by atoms with Crippen molar-refractivity contribution in [2.75, 3.05) is 0 Å². The van der Waals surface area contributed by atoms with Crippen LogP contribution < -0.4 is 0 Å². The zero-order valence-electron chi connectivity index (χ0n) is 9.46. The Kier molecular flexibility index (Phi) is 4.60. The summed E-state index contributed by atoms with van der Waals surface area (Å²) in [5, 5.41) is 22.8. The van der Waals surface area contributed by atoms with E-state index in [0.717, 1.165) is 12.8 Å². The number of rotatable bonds is 6. The summed E-state index contributed by atoms with van der Waals surface area (Å²) in [7, 11) is 0. The van der Waals surface area contributed by atoms with E-state index in [9.17, 15) is 0 Å². The van der Waals surface area contributed by atoms with E-state index in [1.165, 1.54) is 12.4 Å². The molecule has 0 radical (unpaired) electrons. The highest BCUT2D eigenvalue weighted by Gasteiger charge is 2.22. The van der Waals surface area contributed by atoms with Crippen molar-refractivity contribution < 1.29 is 0 Å². The highest BCUT2D eigenvalue weighted by atomic mass is 15.2. The number of nitrogens with zero attached hydrogens (tertiary/aromatic N) is 2. The van der Waals surface area contributed by atoms with Gasteiger partial charge in [0.15, 0.2) is 0 Å². The van der Waals surface area contributed by atoms with Gasteiger partial charge < -0.3 is 10.8 Å². The standard InChI is InChI=1S/C10H20N4/c1-5-9(3,7-11)13-14-10(4,6-2)8-12/h7-8,11-12H,5-6H2,1-4H3. The Bertz CT molecular complexity index is 212. The first-order valence-corrected chi connectivity index (χ1v) is 4.92. The molecule has 0 saturated carbocycles. The fourth-order valence-electron chi connectivity index (χ4n) is 0.632. The molecule has 0 aromatic heterocycles. The SMILES string of the molecule is CCC(C)(C=N)N=NC(C)(C=N)CC. The first-order valence-electron chi connectivity index (χ1n) is 4.92. The highest BCUT2D eigenvalue weighted by molar-refractivity contribution is 5.67. The second-order valence-corrected chi connectivity index (χ2v) is 3.91. The largest absolute Gasteiger partial charge is 0.310 e. The summed E-state index contributed by atoms with van der Waals surface area (Å²) in [6, 6.07) is 0. The minimum Gasteiger partial charge on any atom is -0.310 e. The highest BCUT2D eigenvalue weighted by Crippen LogP contribution is 2.18. The van der Waals surface area contributed by atoms with Crippen LogP contribution in [-0.4, -0.2) is 23.5 Å². The van der Waals surface area contributed by atoms with Gasteiger partial charge in [0.25, 0.3) is 0 Å². The van der Waals surface area contributed by atoms with Crippen molar-refractivity contribution >= 4 is 12.4 Å². The predicted molar refractivity (Wildman–Crippen MR) is 59.8 cm³/mol. The Labute approximate surface area is 85.8 Å². The van der Waals surface area contributed by atoms with Crippen molar-refractivity contribution in [3.05, 3.63) is 0 Å². The van der Waals surface area contributed by atoms with E-state index in [2.05, 4.69) is 10.2 Å². The normalized spacial score (nSPS) is 20.0. The average Bonchev–Trinajstić information content (AvgIpc) is 2.25. The van der Waals surface area contributed by atoms with Gasteiger partial charge in [0.1, 0.15) is 11.1 Å². The van der Waals surface area contributed by atoms with E-state index < -0.39 is 11.1 Å². The maximum Gasteiger partial charge on any atom is 0.113 e. The molecule has 0 aromatic rings. The Morgan fingerprint density at radius 3 is 1.36 bits per heavy atom. The molecule has 14 heavy (non-hydrogen) atoms. The lowest BCUT2D eigenvalue weighted by molar-refractivity contribution is 0.503. The smallest absolute Gasteiger partial charge is 0.113 e. The van der Waals surface area contributed by atoms with Gasteiger partial charge in [-0.2, -0.15) is 10.2 Å². The number of azo groups is 1. The zero-order valence-corrected chi connectivity index (χ0v) is 9.46. The lowest BCUT2D eigenvalue weighted by atomic mass is 10.0. The third-order valence-electron chi connectivity index (χ3n) is 2.56. The molecular formula is C10H20N4. The van der Waals surface area contributed by atoms with Crippen molar-refractivity contribution in [3.63, 3.8) is 0 Å². The van der Waals surface area contributed by atoms with Crippen LogP contribution in [0.2, 0.25) is 0 Å². The van der Waals surface area contributed by atoms with Crippen molar-refractivity contribution in [1.82, 2.24) is 0 Å². The third-order valence-corrected chi connectivity index (χ3v) is 2.56. The Balaban J connectivity index is 4.70. The quantitative estimate of drug-likeness (QED) is 0.484. The van der Waals surface area contributed by atoms with Crippen molar-refractivity contribution in [2.45, 2.75) is 51.6 Å². The molecule has 0 bridgehead atoms. The van der Waals surface area contributed by atoms with E-state index in [-0.39, 0.29) is 0 Å². The minimum absolute atomic E-state index is 0.514. The Hall–Kier alpha value is -1.06. The maximum atomic E-state index is 7.24. The molecule has 4 heteroatoms. The third kappa shape index (κ3) is 3.36. The summed E-state index contributed by atoms with van der Waals surface area (Å²) >= 11 is 0. The van der Waals surface area contributed by atoms with Gasteiger partial charge in [-0.05, 0) is 26.7 Å². The van der Waals surface area contributed by atoms with Crippen LogP contribution >= 0.6 is 0 Å². The van der Waals surface area contributed by atoms with Crippen LogP contribution in [0.25, 0.3) is 0 Å². The van der Waals surface area contributed by atoms with Crippen LogP contribution in [0.15, 0.2) is 10.2 Å². The van der Waals surface area contributed by atoms with E-state index in [0.29, 0.717) is 0 Å². The summed E-state index contributed by atoms with van der Waals surface area (Å²) in [4.78, 5) is 0. The van der Waals surface area contributed by atoms with Crippen LogP contribution in [0.3, 0.4) is 0 Å². The Morgan fingerprint density at radius 1 is 0.929 bits per heavy atom. The van der Waals surface area contributed by atoms with Crippen molar-refractivity contribution in [3.8, 4) is 0 Å². The number of hydrogen-bond donors (Lipinski definition) is 2. The first-order chi connectivity index (χ1) is 6.45. The molecule has 0 rings (SSSR count). The Morgan fingerprint density at radius 2 is 1.21 bits per heavy atom. The maximum absolute atomic E-state index is 7.24. The molecule has 80 valence electrons. The molecule has 0 aliphatic carbocycles. The molecule has 0 aliphatic heterocycles. The molecule has 0 fully saturated rings. The summed E-state index contributed by atoms with van der Waals surface area (Å²) in [5.74, 6) is 0. The fraction of sp³-hybridized carbons (Fsp3) is 0.800. The molecule has 2 unspecified atom stereocenters. The summed E-state index contributed by atoms with van der Waals surface area (Å²) in [6.07, 6.45) is 4.10. The second-order valence-electron chi connectivity index (χ2n) is 3.91. The molecule has 2 N–H and O–H groups in total. The number of nitrogens with one attached hydrogen (secondary N) is 2. The van der Waals surface area contributed by atoms with Gasteiger partial charge in [0.05, 0.1) is 0 Å². The van der Waals surface area contributed by atoms with Gasteiger partial charge in [-0.1, -0.05) is 13.8 Å². The van der Waals surface area contributed by atoms with Crippen LogP contribution in [0.1, 0.15) is 40.5 Å². The van der Waals surface area contributed by atoms with E-state index >= 15 is 0 Å². The molecule has 4 nitrogen and oxygen atoms in total. The zero-order chi connectivity index (χ0) is 11.2. The van der Waals surface area contributed by atoms with Crippen molar-refractivity contribution in [2.24, 2.45) is 10.2 Å². The minimum atomic E-state index is -0.514. The molecule has 2 atom stereocenters. The van der Waals surface area contributed by atoms with Gasteiger partial charge in [-0.15, -0.1) is 0 Å². The van der Waals surface area contributed by atoms with Crippen LogP contribution in [0.4, 0.5) is 0 Å². The molecule has 0 saturated heterocycles. The second kappa shape index (κ2) is 4.98. The monoisotopic (exact) mass is 196 g/mol. The lowest BCUT2D eigenvalue weighted by Crippen LogP contribution is -2.26. The van der Waals surface area contributed by atoms with Gasteiger partial charge in [0.2, 0.25) is 0 Å². The molecule has 0 aromatic carbocycles. The van der Waals surface area contributed by atoms with Gasteiger partial charge in [0, 0.05) is 12.4 Å². The van der Waals surface area contributed by atoms with Gasteiger partial charge >= 0.3 is 0 Å². The first kappa shape index (κ1) is 12.9. The molecule has 0 aliphatic rings. The molecule has 0 amide bonds. The predicted octanol–water partition coefficient (Wildman–Crippen LogP) is 3.08. The van der Waals surface area contributed by atoms with Gasteiger partial charge in [-0.3, -0.25) is 0 Å². The van der Waals surface area contributed by atoms with Gasteiger partial charge in [-0.25, -0.2) is 0 Å². The van der Waals surface area contributed by atoms with Crippen LogP contribution in [0.5, 0.6) is 0 Å². The summed E-state index contributed by atoms with van der Waals surface area (Å²) in [6.45, 7) is 7.67. The molecule has 0 spiro atoms. The topological polar surface area (TPSA) is 72.4 Å². The lowest BCUT2D eigenvalue weighted by Gasteiger charge is -2.20. The van der Waals surface area contributed by atoms with Crippen LogP contribution in [-0.2, 0) is 0 Å². The van der Waals surface area contributed by atoms with E-state index in [4.69, 9.17) is 10.8 Å². The number of hydrogen-bond acceptors (Lipinski definition) is 4. The van der Waals surface area contributed by atoms with E-state index in [1.54, 1.807) is 0 Å². The van der Waals surface area contributed by atoms with Crippen molar-refractivity contribution in [1.29, 1.82) is 10.8 Å². The summed E-state index contributed by atoms with van der Waals surface area (Å²) < 4.78 is 0. The van der Waals surface area contributed by atoms with Crippen LogP contribution in [0, 0.1) is 10.8 Å².